The van der Waals surface area contributed by atoms with E-state index in [1.54, 1.807) is 6.07 Å². The fourth-order valence-electron chi connectivity index (χ4n) is 2.33. The first-order valence-electron chi connectivity index (χ1n) is 6.38. The first-order valence-corrected chi connectivity index (χ1v) is 6.75. The number of hydrogen-bond acceptors (Lipinski definition) is 2. The van der Waals surface area contributed by atoms with Crippen LogP contribution >= 0.6 is 11.6 Å². The molecule has 1 heterocycles. The van der Waals surface area contributed by atoms with Crippen LogP contribution in [-0.4, -0.2) is 19.3 Å². The molecule has 1 aliphatic heterocycles. The molecule has 0 spiro atoms. The van der Waals surface area contributed by atoms with Crippen LogP contribution in [0.15, 0.2) is 18.2 Å². The largest absolute Gasteiger partial charge is 0.378 e. The zero-order chi connectivity index (χ0) is 13.1. The molecule has 2 nitrogen and oxygen atoms in total. The standard InChI is InChI=1S/C14H19ClFNO/c1-9(13-4-3-12(16)7-14(13)15)17-8-11-5-6-18-10(11)2/h3-4,7,9-11,17H,5-6,8H2,1-2H3. The van der Waals surface area contributed by atoms with Gasteiger partial charge in [-0.3, -0.25) is 0 Å². The topological polar surface area (TPSA) is 21.3 Å². The maximum atomic E-state index is 13.0. The van der Waals surface area contributed by atoms with Crippen molar-refractivity contribution in [1.82, 2.24) is 5.32 Å². The van der Waals surface area contributed by atoms with Crippen LogP contribution in [0.25, 0.3) is 0 Å². The van der Waals surface area contributed by atoms with Crippen LogP contribution in [0.5, 0.6) is 0 Å². The second-order valence-electron chi connectivity index (χ2n) is 4.92. The van der Waals surface area contributed by atoms with Gasteiger partial charge in [-0.15, -0.1) is 0 Å². The lowest BCUT2D eigenvalue weighted by molar-refractivity contribution is 0.105. The van der Waals surface area contributed by atoms with Gasteiger partial charge in [0.2, 0.25) is 0 Å². The maximum Gasteiger partial charge on any atom is 0.124 e. The lowest BCUT2D eigenvalue weighted by Gasteiger charge is -2.20. The van der Waals surface area contributed by atoms with Crippen LogP contribution < -0.4 is 5.32 Å². The summed E-state index contributed by atoms with van der Waals surface area (Å²) >= 11 is 6.04. The number of benzene rings is 1. The molecule has 1 aromatic rings. The number of hydrogen-bond donors (Lipinski definition) is 1. The molecule has 0 saturated carbocycles. The third kappa shape index (κ3) is 3.22. The minimum atomic E-state index is -0.297. The summed E-state index contributed by atoms with van der Waals surface area (Å²) in [4.78, 5) is 0. The molecule has 3 unspecified atom stereocenters. The van der Waals surface area contributed by atoms with Crippen molar-refractivity contribution in [2.45, 2.75) is 32.4 Å². The van der Waals surface area contributed by atoms with Gasteiger partial charge < -0.3 is 10.1 Å². The Bertz CT molecular complexity index is 413. The van der Waals surface area contributed by atoms with Gasteiger partial charge in [0.25, 0.3) is 0 Å². The number of halogens is 2. The summed E-state index contributed by atoms with van der Waals surface area (Å²) < 4.78 is 18.5. The maximum absolute atomic E-state index is 13.0. The first kappa shape index (κ1) is 13.8. The molecule has 1 fully saturated rings. The summed E-state index contributed by atoms with van der Waals surface area (Å²) in [6.07, 6.45) is 1.41. The minimum absolute atomic E-state index is 0.117. The molecule has 0 bridgehead atoms. The van der Waals surface area contributed by atoms with E-state index in [4.69, 9.17) is 16.3 Å². The van der Waals surface area contributed by atoms with E-state index in [9.17, 15) is 4.39 Å². The van der Waals surface area contributed by atoms with Crippen molar-refractivity contribution in [3.8, 4) is 0 Å². The molecule has 1 N–H and O–H groups in total. The Morgan fingerprint density at radius 3 is 2.94 bits per heavy atom. The minimum Gasteiger partial charge on any atom is -0.378 e. The molecule has 1 aromatic carbocycles. The third-order valence-electron chi connectivity index (χ3n) is 3.65. The third-order valence-corrected chi connectivity index (χ3v) is 3.98. The fourth-order valence-corrected chi connectivity index (χ4v) is 2.67. The molecule has 0 aliphatic carbocycles. The van der Waals surface area contributed by atoms with Gasteiger partial charge in [0.1, 0.15) is 5.82 Å². The first-order chi connectivity index (χ1) is 8.58. The lowest BCUT2D eigenvalue weighted by Crippen LogP contribution is -2.29. The average Bonchev–Trinajstić information content (AvgIpc) is 2.72. The zero-order valence-corrected chi connectivity index (χ0v) is 11.5. The Kier molecular flexibility index (Phi) is 4.60. The van der Waals surface area contributed by atoms with Crippen molar-refractivity contribution in [2.75, 3.05) is 13.2 Å². The van der Waals surface area contributed by atoms with E-state index in [0.717, 1.165) is 25.1 Å². The average molecular weight is 272 g/mol. The van der Waals surface area contributed by atoms with E-state index < -0.39 is 0 Å². The Morgan fingerprint density at radius 1 is 1.56 bits per heavy atom. The number of ether oxygens (including phenoxy) is 1. The highest BCUT2D eigenvalue weighted by Gasteiger charge is 2.24. The molecule has 4 heteroatoms. The predicted octanol–water partition coefficient (Wildman–Crippen LogP) is 3.55. The summed E-state index contributed by atoms with van der Waals surface area (Å²) in [6, 6.07) is 4.66. The van der Waals surface area contributed by atoms with Crippen molar-refractivity contribution in [3.63, 3.8) is 0 Å². The van der Waals surface area contributed by atoms with Crippen molar-refractivity contribution < 1.29 is 9.13 Å². The van der Waals surface area contributed by atoms with Crippen molar-refractivity contribution in [3.05, 3.63) is 34.6 Å². The highest BCUT2D eigenvalue weighted by molar-refractivity contribution is 6.31. The van der Waals surface area contributed by atoms with Crippen molar-refractivity contribution >= 4 is 11.6 Å². The molecule has 0 aromatic heterocycles. The molecular weight excluding hydrogens is 253 g/mol. The van der Waals surface area contributed by atoms with Gasteiger partial charge in [0.15, 0.2) is 0 Å². The van der Waals surface area contributed by atoms with E-state index in [-0.39, 0.29) is 11.9 Å². The van der Waals surface area contributed by atoms with Gasteiger partial charge in [-0.25, -0.2) is 4.39 Å². The monoisotopic (exact) mass is 271 g/mol. The fraction of sp³-hybridized carbons (Fsp3) is 0.571. The predicted molar refractivity (Wildman–Crippen MR) is 71.3 cm³/mol. The smallest absolute Gasteiger partial charge is 0.124 e. The Balaban J connectivity index is 1.93. The van der Waals surface area contributed by atoms with E-state index in [1.807, 2.05) is 6.92 Å². The number of nitrogens with one attached hydrogen (secondary N) is 1. The van der Waals surface area contributed by atoms with Crippen LogP contribution in [0.2, 0.25) is 5.02 Å². The van der Waals surface area contributed by atoms with Crippen LogP contribution in [0.1, 0.15) is 31.9 Å². The Morgan fingerprint density at radius 2 is 2.33 bits per heavy atom. The Hall–Kier alpha value is -0.640. The van der Waals surface area contributed by atoms with Gasteiger partial charge in [-0.1, -0.05) is 17.7 Å². The van der Waals surface area contributed by atoms with Gasteiger partial charge >= 0.3 is 0 Å². The zero-order valence-electron chi connectivity index (χ0n) is 10.7. The highest BCUT2D eigenvalue weighted by Crippen LogP contribution is 2.25. The van der Waals surface area contributed by atoms with Crippen LogP contribution in [0, 0.1) is 11.7 Å². The molecular formula is C14H19ClFNO. The lowest BCUT2D eigenvalue weighted by atomic mass is 10.0. The van der Waals surface area contributed by atoms with Crippen LogP contribution in [0.4, 0.5) is 4.39 Å². The van der Waals surface area contributed by atoms with Gasteiger partial charge in [0.05, 0.1) is 6.10 Å². The van der Waals surface area contributed by atoms with Gasteiger partial charge in [0, 0.05) is 24.2 Å². The highest BCUT2D eigenvalue weighted by atomic mass is 35.5. The van der Waals surface area contributed by atoms with Gasteiger partial charge in [-0.2, -0.15) is 0 Å². The quantitative estimate of drug-likeness (QED) is 0.904. The van der Waals surface area contributed by atoms with E-state index in [0.29, 0.717) is 17.0 Å². The summed E-state index contributed by atoms with van der Waals surface area (Å²) in [5.74, 6) is 0.250. The molecule has 1 saturated heterocycles. The molecule has 0 radical (unpaired) electrons. The number of rotatable bonds is 4. The van der Waals surface area contributed by atoms with Gasteiger partial charge in [-0.05, 0) is 43.9 Å². The van der Waals surface area contributed by atoms with Crippen LogP contribution in [0.3, 0.4) is 0 Å². The van der Waals surface area contributed by atoms with Crippen molar-refractivity contribution in [2.24, 2.45) is 5.92 Å². The summed E-state index contributed by atoms with van der Waals surface area (Å²) in [5, 5.41) is 3.92. The summed E-state index contributed by atoms with van der Waals surface area (Å²) in [5.41, 5.74) is 0.935. The summed E-state index contributed by atoms with van der Waals surface area (Å²) in [6.45, 7) is 5.89. The molecule has 0 amide bonds. The molecule has 100 valence electrons. The Labute approximate surface area is 112 Å². The van der Waals surface area contributed by atoms with E-state index >= 15 is 0 Å². The molecule has 3 atom stereocenters. The second kappa shape index (κ2) is 6.00. The van der Waals surface area contributed by atoms with E-state index in [2.05, 4.69) is 12.2 Å². The molecule has 18 heavy (non-hydrogen) atoms. The summed E-state index contributed by atoms with van der Waals surface area (Å²) in [7, 11) is 0. The van der Waals surface area contributed by atoms with Crippen molar-refractivity contribution in [1.29, 1.82) is 0 Å². The molecule has 2 rings (SSSR count). The molecule has 1 aliphatic rings. The normalized spacial score (nSPS) is 25.3. The second-order valence-corrected chi connectivity index (χ2v) is 5.33. The SMILES string of the molecule is CC(NCC1CCOC1C)c1ccc(F)cc1Cl. The van der Waals surface area contributed by atoms with Crippen LogP contribution in [-0.2, 0) is 4.74 Å². The van der Waals surface area contributed by atoms with E-state index in [1.165, 1.54) is 12.1 Å².